The second kappa shape index (κ2) is 9.77. The number of ether oxygens (including phenoxy) is 1. The highest BCUT2D eigenvalue weighted by molar-refractivity contribution is 5.78. The second-order valence-electron chi connectivity index (χ2n) is 5.35. The smallest absolute Gasteiger partial charge is 0.233 e. The Balaban J connectivity index is 1.95. The number of amides is 1. The van der Waals surface area contributed by atoms with Crippen molar-refractivity contribution >= 4 is 5.91 Å². The Morgan fingerprint density at radius 1 is 1.00 bits per heavy atom. The van der Waals surface area contributed by atoms with E-state index in [9.17, 15) is 4.79 Å². The molecule has 0 aliphatic carbocycles. The number of carbonyl (C=O) groups excluding carboxylic acids is 1. The number of carbonyl (C=O) groups is 1. The molecule has 0 saturated heterocycles. The van der Waals surface area contributed by atoms with E-state index in [1.165, 1.54) is 11.1 Å². The first kappa shape index (κ1) is 17.2. The van der Waals surface area contributed by atoms with Crippen LogP contribution in [0.15, 0.2) is 60.7 Å². The normalized spacial score (nSPS) is 10.7. The molecule has 122 valence electrons. The maximum atomic E-state index is 12.0. The van der Waals surface area contributed by atoms with Crippen LogP contribution in [0.2, 0.25) is 0 Å². The number of methoxy groups -OCH3 is 1. The summed E-state index contributed by atoms with van der Waals surface area (Å²) in [4.78, 5) is 12.0. The minimum Gasteiger partial charge on any atom is -0.383 e. The highest BCUT2D eigenvalue weighted by Crippen LogP contribution is 2.23. The lowest BCUT2D eigenvalue weighted by Crippen LogP contribution is -2.37. The number of benzene rings is 2. The lowest BCUT2D eigenvalue weighted by Gasteiger charge is -2.19. The Morgan fingerprint density at radius 2 is 1.57 bits per heavy atom. The van der Waals surface area contributed by atoms with E-state index < -0.39 is 0 Å². The fourth-order valence-corrected chi connectivity index (χ4v) is 2.45. The molecule has 1 amide bonds. The Kier molecular flexibility index (Phi) is 7.30. The Bertz CT molecular complexity index is 533. The van der Waals surface area contributed by atoms with E-state index in [-0.39, 0.29) is 11.8 Å². The van der Waals surface area contributed by atoms with Crippen molar-refractivity contribution < 1.29 is 9.53 Å². The molecule has 2 aromatic rings. The molecule has 0 aromatic heterocycles. The van der Waals surface area contributed by atoms with Crippen molar-refractivity contribution in [2.45, 2.75) is 5.92 Å². The van der Waals surface area contributed by atoms with Crippen molar-refractivity contribution in [2.75, 3.05) is 33.4 Å². The van der Waals surface area contributed by atoms with E-state index in [2.05, 4.69) is 34.9 Å². The molecule has 0 aliphatic rings. The number of hydrogen-bond acceptors (Lipinski definition) is 3. The van der Waals surface area contributed by atoms with Gasteiger partial charge in [0.2, 0.25) is 5.91 Å². The van der Waals surface area contributed by atoms with Gasteiger partial charge in [-0.1, -0.05) is 60.7 Å². The predicted octanol–water partition coefficient (Wildman–Crippen LogP) is 2.17. The van der Waals surface area contributed by atoms with Crippen LogP contribution in [0.1, 0.15) is 17.0 Å². The lowest BCUT2D eigenvalue weighted by atomic mass is 9.91. The molecule has 0 radical (unpaired) electrons. The summed E-state index contributed by atoms with van der Waals surface area (Å²) in [7, 11) is 1.64. The average Bonchev–Trinajstić information content (AvgIpc) is 2.61. The topological polar surface area (TPSA) is 50.4 Å². The number of nitrogens with one attached hydrogen (secondary N) is 2. The Hall–Kier alpha value is -2.17. The van der Waals surface area contributed by atoms with E-state index in [1.807, 2.05) is 36.4 Å². The molecule has 4 heteroatoms. The molecule has 2 N–H and O–H groups in total. The van der Waals surface area contributed by atoms with Crippen LogP contribution in [0.25, 0.3) is 0 Å². The predicted molar refractivity (Wildman–Crippen MR) is 92.5 cm³/mol. The average molecular weight is 312 g/mol. The van der Waals surface area contributed by atoms with Gasteiger partial charge in [-0.05, 0) is 11.1 Å². The molecule has 23 heavy (non-hydrogen) atoms. The van der Waals surface area contributed by atoms with Gasteiger partial charge in [0.25, 0.3) is 0 Å². The summed E-state index contributed by atoms with van der Waals surface area (Å²) in [6, 6.07) is 20.5. The summed E-state index contributed by atoms with van der Waals surface area (Å²) in [5.41, 5.74) is 2.40. The van der Waals surface area contributed by atoms with Crippen LogP contribution < -0.4 is 10.6 Å². The van der Waals surface area contributed by atoms with Gasteiger partial charge in [0.1, 0.15) is 0 Å². The van der Waals surface area contributed by atoms with E-state index in [1.54, 1.807) is 7.11 Å². The van der Waals surface area contributed by atoms with Gasteiger partial charge in [-0.15, -0.1) is 0 Å². The molecular weight excluding hydrogens is 288 g/mol. The summed E-state index contributed by atoms with van der Waals surface area (Å²) in [6.07, 6.45) is 0. The zero-order valence-corrected chi connectivity index (χ0v) is 13.5. The van der Waals surface area contributed by atoms with Gasteiger partial charge in [-0.2, -0.15) is 0 Å². The number of hydrogen-bond donors (Lipinski definition) is 2. The van der Waals surface area contributed by atoms with Crippen LogP contribution in [-0.2, 0) is 9.53 Å². The van der Waals surface area contributed by atoms with Crippen molar-refractivity contribution in [3.8, 4) is 0 Å². The van der Waals surface area contributed by atoms with Gasteiger partial charge < -0.3 is 15.4 Å². The van der Waals surface area contributed by atoms with Crippen LogP contribution in [-0.4, -0.2) is 39.3 Å². The van der Waals surface area contributed by atoms with E-state index in [4.69, 9.17) is 4.74 Å². The quantitative estimate of drug-likeness (QED) is 0.698. The van der Waals surface area contributed by atoms with Gasteiger partial charge in [-0.25, -0.2) is 0 Å². The van der Waals surface area contributed by atoms with Crippen molar-refractivity contribution in [3.63, 3.8) is 0 Å². The maximum absolute atomic E-state index is 12.0. The monoisotopic (exact) mass is 312 g/mol. The molecule has 0 aliphatic heterocycles. The first-order valence-electron chi connectivity index (χ1n) is 7.87. The van der Waals surface area contributed by atoms with Crippen LogP contribution >= 0.6 is 0 Å². The summed E-state index contributed by atoms with van der Waals surface area (Å²) < 4.78 is 4.94. The minimum absolute atomic E-state index is 0.00188. The molecule has 2 aromatic carbocycles. The van der Waals surface area contributed by atoms with E-state index in [0.717, 1.165) is 0 Å². The van der Waals surface area contributed by atoms with Crippen molar-refractivity contribution in [1.82, 2.24) is 10.6 Å². The highest BCUT2D eigenvalue weighted by Gasteiger charge is 2.14. The zero-order chi connectivity index (χ0) is 16.3. The molecule has 0 heterocycles. The van der Waals surface area contributed by atoms with Gasteiger partial charge in [-0.3, -0.25) is 4.79 Å². The molecule has 2 rings (SSSR count). The fraction of sp³-hybridized carbons (Fsp3) is 0.316. The molecular formula is C19H24N2O2. The third kappa shape index (κ3) is 5.85. The van der Waals surface area contributed by atoms with Crippen LogP contribution in [0.4, 0.5) is 0 Å². The first-order chi connectivity index (χ1) is 11.3. The van der Waals surface area contributed by atoms with Gasteiger partial charge in [0.05, 0.1) is 13.2 Å². The standard InChI is InChI=1S/C19H24N2O2/c1-23-13-12-20-15-19(22)21-14-18(16-8-4-2-5-9-16)17-10-6-3-7-11-17/h2-11,18,20H,12-15H2,1H3,(H,21,22). The molecule has 0 atom stereocenters. The molecule has 4 nitrogen and oxygen atoms in total. The van der Waals surface area contributed by atoms with E-state index in [0.29, 0.717) is 26.2 Å². The summed E-state index contributed by atoms with van der Waals surface area (Å²) in [5.74, 6) is 0.151. The van der Waals surface area contributed by atoms with Crippen molar-refractivity contribution in [3.05, 3.63) is 71.8 Å². The zero-order valence-electron chi connectivity index (χ0n) is 13.5. The summed E-state index contributed by atoms with van der Waals surface area (Å²) >= 11 is 0. The second-order valence-corrected chi connectivity index (χ2v) is 5.35. The van der Waals surface area contributed by atoms with Gasteiger partial charge in [0.15, 0.2) is 0 Å². The Labute approximate surface area is 137 Å². The third-order valence-corrected chi connectivity index (χ3v) is 3.68. The van der Waals surface area contributed by atoms with Crippen LogP contribution in [0.5, 0.6) is 0 Å². The summed E-state index contributed by atoms with van der Waals surface area (Å²) in [6.45, 7) is 2.16. The largest absolute Gasteiger partial charge is 0.383 e. The molecule has 0 fully saturated rings. The fourth-order valence-electron chi connectivity index (χ4n) is 2.45. The molecule has 0 spiro atoms. The number of rotatable bonds is 9. The van der Waals surface area contributed by atoms with Gasteiger partial charge >= 0.3 is 0 Å². The third-order valence-electron chi connectivity index (χ3n) is 3.68. The first-order valence-corrected chi connectivity index (χ1v) is 7.87. The van der Waals surface area contributed by atoms with Crippen molar-refractivity contribution in [1.29, 1.82) is 0 Å². The Morgan fingerprint density at radius 3 is 2.09 bits per heavy atom. The SMILES string of the molecule is COCCNCC(=O)NCC(c1ccccc1)c1ccccc1. The van der Waals surface area contributed by atoms with Crippen LogP contribution in [0, 0.1) is 0 Å². The lowest BCUT2D eigenvalue weighted by molar-refractivity contribution is -0.120. The van der Waals surface area contributed by atoms with E-state index >= 15 is 0 Å². The summed E-state index contributed by atoms with van der Waals surface area (Å²) in [5, 5.41) is 6.07. The van der Waals surface area contributed by atoms with Crippen LogP contribution in [0.3, 0.4) is 0 Å². The van der Waals surface area contributed by atoms with Crippen molar-refractivity contribution in [2.24, 2.45) is 0 Å². The van der Waals surface area contributed by atoms with Gasteiger partial charge in [0, 0.05) is 26.1 Å². The molecule has 0 bridgehead atoms. The molecule has 0 saturated carbocycles. The highest BCUT2D eigenvalue weighted by atomic mass is 16.5. The molecule has 0 unspecified atom stereocenters. The minimum atomic E-state index is -0.00188. The maximum Gasteiger partial charge on any atom is 0.233 e.